The Morgan fingerprint density at radius 2 is 1.85 bits per heavy atom. The molecule has 1 heterocycles. The van der Waals surface area contributed by atoms with E-state index in [0.29, 0.717) is 18.2 Å². The summed E-state index contributed by atoms with van der Waals surface area (Å²) in [5, 5.41) is 3.48. The number of sulfonamides is 1. The Labute approximate surface area is 168 Å². The molecule has 1 saturated heterocycles. The molecule has 0 aromatic heterocycles. The molecule has 9 heteroatoms. The molecule has 2 aromatic rings. The van der Waals surface area contributed by atoms with Gasteiger partial charge in [-0.2, -0.15) is 4.31 Å². The molecule has 1 aliphatic heterocycles. The van der Waals surface area contributed by atoms with Crippen LogP contribution in [0, 0.1) is 0 Å². The second-order valence-electron chi connectivity index (χ2n) is 5.97. The summed E-state index contributed by atoms with van der Waals surface area (Å²) in [6.07, 6.45) is 0. The van der Waals surface area contributed by atoms with Gasteiger partial charge in [0.1, 0.15) is 0 Å². The highest BCUT2D eigenvalue weighted by atomic mass is 35.5. The van der Waals surface area contributed by atoms with Crippen molar-refractivity contribution in [1.82, 2.24) is 9.62 Å². The lowest BCUT2D eigenvalue weighted by molar-refractivity contribution is 0.0730. The summed E-state index contributed by atoms with van der Waals surface area (Å²) < 4.78 is 32.1. The van der Waals surface area contributed by atoms with Crippen molar-refractivity contribution in [1.29, 1.82) is 0 Å². The number of hydrogen-bond donors (Lipinski definition) is 1. The van der Waals surface area contributed by atoms with Crippen molar-refractivity contribution in [3.05, 3.63) is 63.6 Å². The second-order valence-corrected chi connectivity index (χ2v) is 8.75. The molecule has 0 radical (unpaired) electrons. The minimum atomic E-state index is -3.71. The van der Waals surface area contributed by atoms with Gasteiger partial charge < -0.3 is 10.1 Å². The van der Waals surface area contributed by atoms with Crippen LogP contribution in [0.25, 0.3) is 0 Å². The minimum absolute atomic E-state index is 0.0294. The minimum Gasteiger partial charge on any atom is -0.379 e. The Morgan fingerprint density at radius 3 is 2.56 bits per heavy atom. The van der Waals surface area contributed by atoms with E-state index in [1.165, 1.54) is 22.5 Å². The summed E-state index contributed by atoms with van der Waals surface area (Å²) in [5.74, 6) is -0.459. The SMILES string of the molecule is O=C(NCc1cccc(Cl)c1)c1cc(S(=O)(=O)N2CCOCC2)ccc1Cl. The van der Waals surface area contributed by atoms with Gasteiger partial charge in [0, 0.05) is 24.7 Å². The zero-order chi connectivity index (χ0) is 19.4. The highest BCUT2D eigenvalue weighted by molar-refractivity contribution is 7.89. The summed E-state index contributed by atoms with van der Waals surface area (Å²) in [4.78, 5) is 12.6. The van der Waals surface area contributed by atoms with E-state index in [1.807, 2.05) is 6.07 Å². The van der Waals surface area contributed by atoms with Crippen molar-refractivity contribution in [3.63, 3.8) is 0 Å². The number of carbonyl (C=O) groups is 1. The van der Waals surface area contributed by atoms with Gasteiger partial charge in [0.25, 0.3) is 5.91 Å². The third-order valence-electron chi connectivity index (χ3n) is 4.13. The molecule has 0 unspecified atom stereocenters. The molecule has 144 valence electrons. The Morgan fingerprint density at radius 1 is 1.11 bits per heavy atom. The molecule has 27 heavy (non-hydrogen) atoms. The summed E-state index contributed by atoms with van der Waals surface area (Å²) in [6.45, 7) is 1.50. The Bertz CT molecular complexity index is 944. The first kappa shape index (κ1) is 20.1. The highest BCUT2D eigenvalue weighted by Crippen LogP contribution is 2.24. The molecule has 0 aliphatic carbocycles. The fourth-order valence-electron chi connectivity index (χ4n) is 2.70. The fraction of sp³-hybridized carbons (Fsp3) is 0.278. The van der Waals surface area contributed by atoms with Crippen molar-refractivity contribution >= 4 is 39.1 Å². The summed E-state index contributed by atoms with van der Waals surface area (Å²) >= 11 is 12.1. The van der Waals surface area contributed by atoms with Gasteiger partial charge in [-0.25, -0.2) is 8.42 Å². The van der Waals surface area contributed by atoms with E-state index in [0.717, 1.165) is 5.56 Å². The maximum absolute atomic E-state index is 12.8. The van der Waals surface area contributed by atoms with Crippen LogP contribution in [0.2, 0.25) is 10.0 Å². The van der Waals surface area contributed by atoms with Crippen LogP contribution in [0.4, 0.5) is 0 Å². The summed E-state index contributed by atoms with van der Waals surface area (Å²) in [7, 11) is -3.71. The average Bonchev–Trinajstić information content (AvgIpc) is 2.67. The third kappa shape index (κ3) is 4.80. The predicted molar refractivity (Wildman–Crippen MR) is 104 cm³/mol. The van der Waals surface area contributed by atoms with Crippen LogP contribution in [-0.2, 0) is 21.3 Å². The number of morpholine rings is 1. The molecular formula is C18H18Cl2N2O4S. The van der Waals surface area contributed by atoms with Crippen molar-refractivity contribution in [2.24, 2.45) is 0 Å². The lowest BCUT2D eigenvalue weighted by Crippen LogP contribution is -2.40. The molecule has 1 aliphatic rings. The van der Waals surface area contributed by atoms with Gasteiger partial charge in [0.2, 0.25) is 10.0 Å². The number of amides is 1. The standard InChI is InChI=1S/C18H18Cl2N2O4S/c19-14-3-1-2-13(10-14)12-21-18(23)16-11-15(4-5-17(16)20)27(24,25)22-6-8-26-9-7-22/h1-5,10-11H,6-9,12H2,(H,21,23). The quantitative estimate of drug-likeness (QED) is 0.793. The summed E-state index contributed by atoms with van der Waals surface area (Å²) in [6, 6.07) is 11.2. The maximum Gasteiger partial charge on any atom is 0.253 e. The van der Waals surface area contributed by atoms with E-state index in [4.69, 9.17) is 27.9 Å². The first-order chi connectivity index (χ1) is 12.9. The van der Waals surface area contributed by atoms with Crippen LogP contribution >= 0.6 is 23.2 Å². The molecule has 0 spiro atoms. The van der Waals surface area contributed by atoms with Crippen molar-refractivity contribution in [2.75, 3.05) is 26.3 Å². The van der Waals surface area contributed by atoms with Crippen molar-refractivity contribution in [3.8, 4) is 0 Å². The fourth-order valence-corrected chi connectivity index (χ4v) is 4.55. The number of hydrogen-bond acceptors (Lipinski definition) is 4. The van der Waals surface area contributed by atoms with E-state index in [9.17, 15) is 13.2 Å². The third-order valence-corrected chi connectivity index (χ3v) is 6.59. The number of nitrogens with one attached hydrogen (secondary N) is 1. The van der Waals surface area contributed by atoms with E-state index >= 15 is 0 Å². The van der Waals surface area contributed by atoms with Crippen LogP contribution < -0.4 is 5.32 Å². The Kier molecular flexibility index (Phi) is 6.39. The molecular weight excluding hydrogens is 411 g/mol. The van der Waals surface area contributed by atoms with Crippen molar-refractivity contribution in [2.45, 2.75) is 11.4 Å². The van der Waals surface area contributed by atoms with E-state index in [-0.39, 0.29) is 35.1 Å². The van der Waals surface area contributed by atoms with Gasteiger partial charge in [-0.05, 0) is 35.9 Å². The molecule has 1 fully saturated rings. The normalized spacial score (nSPS) is 15.5. The van der Waals surface area contributed by atoms with E-state index in [2.05, 4.69) is 5.32 Å². The molecule has 1 amide bonds. The maximum atomic E-state index is 12.8. The zero-order valence-corrected chi connectivity index (χ0v) is 16.6. The van der Waals surface area contributed by atoms with Crippen LogP contribution in [0.1, 0.15) is 15.9 Å². The van der Waals surface area contributed by atoms with E-state index in [1.54, 1.807) is 18.2 Å². The monoisotopic (exact) mass is 428 g/mol. The van der Waals surface area contributed by atoms with E-state index < -0.39 is 15.9 Å². The van der Waals surface area contributed by atoms with Gasteiger partial charge in [-0.3, -0.25) is 4.79 Å². The number of benzene rings is 2. The first-order valence-corrected chi connectivity index (χ1v) is 10.5. The van der Waals surface area contributed by atoms with Gasteiger partial charge in [-0.1, -0.05) is 35.3 Å². The smallest absolute Gasteiger partial charge is 0.253 e. The van der Waals surface area contributed by atoms with Crippen LogP contribution in [0.15, 0.2) is 47.4 Å². The summed E-state index contributed by atoms with van der Waals surface area (Å²) in [5.41, 5.74) is 0.928. The zero-order valence-electron chi connectivity index (χ0n) is 14.3. The van der Waals surface area contributed by atoms with Crippen molar-refractivity contribution < 1.29 is 17.9 Å². The van der Waals surface area contributed by atoms with Gasteiger partial charge >= 0.3 is 0 Å². The largest absolute Gasteiger partial charge is 0.379 e. The predicted octanol–water partition coefficient (Wildman–Crippen LogP) is 2.94. The number of nitrogens with zero attached hydrogens (tertiary/aromatic N) is 1. The van der Waals surface area contributed by atoms with Gasteiger partial charge in [-0.15, -0.1) is 0 Å². The highest BCUT2D eigenvalue weighted by Gasteiger charge is 2.27. The molecule has 6 nitrogen and oxygen atoms in total. The second kappa shape index (κ2) is 8.58. The molecule has 0 saturated carbocycles. The first-order valence-electron chi connectivity index (χ1n) is 8.28. The molecule has 1 N–H and O–H groups in total. The molecule has 3 rings (SSSR count). The number of rotatable bonds is 5. The van der Waals surface area contributed by atoms with Crippen LogP contribution in [0.3, 0.4) is 0 Å². The molecule has 0 atom stereocenters. The molecule has 2 aromatic carbocycles. The lowest BCUT2D eigenvalue weighted by Gasteiger charge is -2.26. The van der Waals surface area contributed by atoms with Gasteiger partial charge in [0.05, 0.1) is 28.7 Å². The number of ether oxygens (including phenoxy) is 1. The van der Waals surface area contributed by atoms with Crippen LogP contribution in [0.5, 0.6) is 0 Å². The number of halogens is 2. The molecule has 0 bridgehead atoms. The Balaban J connectivity index is 1.79. The topological polar surface area (TPSA) is 75.7 Å². The number of carbonyl (C=O) groups excluding carboxylic acids is 1. The average molecular weight is 429 g/mol. The Hall–Kier alpha value is -1.64. The van der Waals surface area contributed by atoms with Crippen LogP contribution in [-0.4, -0.2) is 44.9 Å². The van der Waals surface area contributed by atoms with Gasteiger partial charge in [0.15, 0.2) is 0 Å². The lowest BCUT2D eigenvalue weighted by atomic mass is 10.2.